The molecule has 0 atom stereocenters. The molecule has 0 radical (unpaired) electrons. The highest BCUT2D eigenvalue weighted by atomic mass is 127. The van der Waals surface area contributed by atoms with Crippen molar-refractivity contribution in [1.82, 2.24) is 4.98 Å². The van der Waals surface area contributed by atoms with Crippen molar-refractivity contribution in [3.05, 3.63) is 20.5 Å². The largest absolute Gasteiger partial charge is 0.495 e. The molecule has 13 heavy (non-hydrogen) atoms. The van der Waals surface area contributed by atoms with Gasteiger partial charge in [0, 0.05) is 0 Å². The predicted molar refractivity (Wildman–Crippen MR) is 53.5 cm³/mol. The van der Waals surface area contributed by atoms with Crippen LogP contribution in [0.3, 0.4) is 0 Å². The predicted octanol–water partition coefficient (Wildman–Crippen LogP) is 3.29. The molecule has 1 heterocycles. The first-order valence-electron chi connectivity index (χ1n) is 3.24. The summed E-state index contributed by atoms with van der Waals surface area (Å²) in [5.74, 6) is 0.0591. The molecular weight excluding hydrogens is 314 g/mol. The number of nitrogens with zero attached hydrogens (tertiary/aromatic N) is 1. The summed E-state index contributed by atoms with van der Waals surface area (Å²) in [5, 5.41) is 0.0664. The highest BCUT2D eigenvalue weighted by Gasteiger charge is 2.17. The normalized spacial score (nSPS) is 10.6. The van der Waals surface area contributed by atoms with Crippen molar-refractivity contribution >= 4 is 34.2 Å². The highest BCUT2D eigenvalue weighted by Crippen LogP contribution is 2.31. The van der Waals surface area contributed by atoms with Gasteiger partial charge in [-0.25, -0.2) is 13.8 Å². The SMILES string of the molecule is COc1cc(I)c(Cl)nc1C(F)F. The monoisotopic (exact) mass is 319 g/mol. The molecule has 6 heteroatoms. The molecule has 0 saturated heterocycles. The van der Waals surface area contributed by atoms with E-state index >= 15 is 0 Å². The number of halogens is 4. The van der Waals surface area contributed by atoms with Crippen LogP contribution in [0.5, 0.6) is 5.75 Å². The molecule has 2 nitrogen and oxygen atoms in total. The van der Waals surface area contributed by atoms with E-state index in [1.54, 1.807) is 0 Å². The molecule has 0 amide bonds. The third kappa shape index (κ3) is 2.40. The summed E-state index contributed by atoms with van der Waals surface area (Å²) in [6.45, 7) is 0. The Morgan fingerprint density at radius 3 is 2.69 bits per heavy atom. The molecule has 0 fully saturated rings. The van der Waals surface area contributed by atoms with Crippen LogP contribution in [-0.2, 0) is 0 Å². The molecule has 0 saturated carbocycles. The number of aromatic nitrogens is 1. The lowest BCUT2D eigenvalue weighted by Crippen LogP contribution is -1.98. The van der Waals surface area contributed by atoms with Gasteiger partial charge in [0.25, 0.3) is 6.43 Å². The maximum atomic E-state index is 12.3. The van der Waals surface area contributed by atoms with Crippen LogP contribution in [0.15, 0.2) is 6.07 Å². The first-order chi connectivity index (χ1) is 6.06. The summed E-state index contributed by atoms with van der Waals surface area (Å²) in [6, 6.07) is 1.43. The van der Waals surface area contributed by atoms with Crippen LogP contribution < -0.4 is 4.74 Å². The Bertz CT molecular complexity index is 322. The van der Waals surface area contributed by atoms with E-state index in [0.717, 1.165) is 0 Å². The summed E-state index contributed by atoms with van der Waals surface area (Å²) >= 11 is 7.47. The van der Waals surface area contributed by atoms with Gasteiger partial charge in [-0.05, 0) is 28.7 Å². The Balaban J connectivity index is 3.25. The second-order valence-electron chi connectivity index (χ2n) is 2.15. The van der Waals surface area contributed by atoms with Gasteiger partial charge in [-0.1, -0.05) is 11.6 Å². The number of alkyl halides is 2. The molecule has 0 unspecified atom stereocenters. The van der Waals surface area contributed by atoms with E-state index in [2.05, 4.69) is 4.98 Å². The standard InChI is InChI=1S/C7H5ClF2INO/c1-13-4-2-3(11)6(8)12-5(4)7(9)10/h2,7H,1H3. The highest BCUT2D eigenvalue weighted by molar-refractivity contribution is 14.1. The van der Waals surface area contributed by atoms with Gasteiger partial charge in [0.1, 0.15) is 16.6 Å². The fraction of sp³-hybridized carbons (Fsp3) is 0.286. The van der Waals surface area contributed by atoms with Gasteiger partial charge in [0.15, 0.2) is 0 Å². The Kier molecular flexibility index (Phi) is 3.66. The van der Waals surface area contributed by atoms with Crippen molar-refractivity contribution in [2.24, 2.45) is 0 Å². The third-order valence-corrected chi connectivity index (χ3v) is 2.78. The second kappa shape index (κ2) is 4.36. The molecule has 0 aliphatic rings. The fourth-order valence-corrected chi connectivity index (χ4v) is 1.33. The van der Waals surface area contributed by atoms with Gasteiger partial charge in [0.05, 0.1) is 10.7 Å². The van der Waals surface area contributed by atoms with Gasteiger partial charge < -0.3 is 4.74 Å². The van der Waals surface area contributed by atoms with E-state index in [1.165, 1.54) is 13.2 Å². The van der Waals surface area contributed by atoms with E-state index in [0.29, 0.717) is 3.57 Å². The lowest BCUT2D eigenvalue weighted by Gasteiger charge is -2.07. The Hall–Kier alpha value is -0.170. The van der Waals surface area contributed by atoms with Crippen molar-refractivity contribution in [3.63, 3.8) is 0 Å². The number of hydrogen-bond donors (Lipinski definition) is 0. The molecule has 72 valence electrons. The van der Waals surface area contributed by atoms with E-state index < -0.39 is 12.1 Å². The first kappa shape index (κ1) is 10.9. The minimum absolute atomic E-state index is 0.0591. The van der Waals surface area contributed by atoms with Gasteiger partial charge >= 0.3 is 0 Å². The van der Waals surface area contributed by atoms with Crippen LogP contribution in [0.1, 0.15) is 12.1 Å². The summed E-state index contributed by atoms with van der Waals surface area (Å²) in [7, 11) is 1.31. The Morgan fingerprint density at radius 2 is 2.23 bits per heavy atom. The first-order valence-corrected chi connectivity index (χ1v) is 4.70. The molecule has 0 aromatic carbocycles. The topological polar surface area (TPSA) is 22.1 Å². The number of methoxy groups -OCH3 is 1. The zero-order valence-corrected chi connectivity index (χ0v) is 9.44. The van der Waals surface area contributed by atoms with Crippen LogP contribution in [0.25, 0.3) is 0 Å². The lowest BCUT2D eigenvalue weighted by molar-refractivity contribution is 0.141. The average Bonchev–Trinajstić information content (AvgIpc) is 2.08. The summed E-state index contributed by atoms with van der Waals surface area (Å²) in [4.78, 5) is 3.53. The molecule has 0 spiro atoms. The maximum Gasteiger partial charge on any atom is 0.284 e. The number of rotatable bonds is 2. The van der Waals surface area contributed by atoms with Crippen LogP contribution >= 0.6 is 34.2 Å². The molecule has 0 aliphatic carbocycles. The van der Waals surface area contributed by atoms with Crippen LogP contribution in [0, 0.1) is 3.57 Å². The van der Waals surface area contributed by atoms with Crippen molar-refractivity contribution in [2.45, 2.75) is 6.43 Å². The Morgan fingerprint density at radius 1 is 1.62 bits per heavy atom. The number of ether oxygens (including phenoxy) is 1. The number of pyridine rings is 1. The molecular formula is C7H5ClF2INO. The van der Waals surface area contributed by atoms with Gasteiger partial charge in [-0.2, -0.15) is 0 Å². The van der Waals surface area contributed by atoms with Gasteiger partial charge in [0.2, 0.25) is 0 Å². The molecule has 1 aromatic rings. The summed E-state index contributed by atoms with van der Waals surface area (Å²) in [5.41, 5.74) is -0.423. The van der Waals surface area contributed by atoms with Crippen LogP contribution in [-0.4, -0.2) is 12.1 Å². The molecule has 0 N–H and O–H groups in total. The minimum atomic E-state index is -2.68. The average molecular weight is 319 g/mol. The van der Waals surface area contributed by atoms with E-state index in [1.807, 2.05) is 22.6 Å². The van der Waals surface area contributed by atoms with Crippen molar-refractivity contribution in [3.8, 4) is 5.75 Å². The zero-order valence-electron chi connectivity index (χ0n) is 6.52. The lowest BCUT2D eigenvalue weighted by atomic mass is 10.3. The zero-order chi connectivity index (χ0) is 10.0. The fourth-order valence-electron chi connectivity index (χ4n) is 0.783. The van der Waals surface area contributed by atoms with E-state index in [9.17, 15) is 8.78 Å². The van der Waals surface area contributed by atoms with E-state index in [-0.39, 0.29) is 10.9 Å². The van der Waals surface area contributed by atoms with Gasteiger partial charge in [-0.15, -0.1) is 0 Å². The van der Waals surface area contributed by atoms with Gasteiger partial charge in [-0.3, -0.25) is 0 Å². The smallest absolute Gasteiger partial charge is 0.284 e. The quantitative estimate of drug-likeness (QED) is 0.616. The van der Waals surface area contributed by atoms with Crippen molar-refractivity contribution in [1.29, 1.82) is 0 Å². The van der Waals surface area contributed by atoms with Crippen LogP contribution in [0.2, 0.25) is 5.15 Å². The number of hydrogen-bond acceptors (Lipinski definition) is 2. The molecule has 1 rings (SSSR count). The molecule has 1 aromatic heterocycles. The summed E-state index contributed by atoms with van der Waals surface area (Å²) < 4.78 is 30.0. The Labute approximate surface area is 92.4 Å². The van der Waals surface area contributed by atoms with Crippen molar-refractivity contribution < 1.29 is 13.5 Å². The van der Waals surface area contributed by atoms with E-state index in [4.69, 9.17) is 16.3 Å². The minimum Gasteiger partial charge on any atom is -0.495 e. The summed E-state index contributed by atoms with van der Waals surface area (Å²) in [6.07, 6.45) is -2.68. The molecule has 0 aliphatic heterocycles. The van der Waals surface area contributed by atoms with Crippen molar-refractivity contribution in [2.75, 3.05) is 7.11 Å². The van der Waals surface area contributed by atoms with Crippen LogP contribution in [0.4, 0.5) is 8.78 Å². The second-order valence-corrected chi connectivity index (χ2v) is 3.67. The maximum absolute atomic E-state index is 12.3. The molecule has 0 bridgehead atoms. The third-order valence-electron chi connectivity index (χ3n) is 1.35.